The van der Waals surface area contributed by atoms with Crippen molar-refractivity contribution in [3.8, 4) is 0 Å². The lowest BCUT2D eigenvalue weighted by Gasteiger charge is -2.22. The highest BCUT2D eigenvalue weighted by Gasteiger charge is 2.18. The van der Waals surface area contributed by atoms with Crippen LogP contribution in [-0.2, 0) is 0 Å². The van der Waals surface area contributed by atoms with Crippen molar-refractivity contribution in [2.24, 2.45) is 16.5 Å². The van der Waals surface area contributed by atoms with Crippen LogP contribution in [0.15, 0.2) is 29.5 Å². The van der Waals surface area contributed by atoms with Gasteiger partial charge in [-0.1, -0.05) is 25.8 Å². The Morgan fingerprint density at radius 3 is 2.60 bits per heavy atom. The van der Waals surface area contributed by atoms with Crippen molar-refractivity contribution in [3.05, 3.63) is 35.8 Å². The summed E-state index contributed by atoms with van der Waals surface area (Å²) in [4.78, 5) is 8.71. The molecule has 1 aromatic heterocycles. The van der Waals surface area contributed by atoms with E-state index in [9.17, 15) is 0 Å². The molecule has 5 N–H and O–H groups in total. The molecule has 0 bridgehead atoms. The molecule has 0 spiro atoms. The van der Waals surface area contributed by atoms with Gasteiger partial charge in [0.2, 0.25) is 0 Å². The van der Waals surface area contributed by atoms with Crippen LogP contribution in [-0.4, -0.2) is 17.9 Å². The number of aliphatic imine (C=N–C) groups is 1. The van der Waals surface area contributed by atoms with Crippen LogP contribution < -0.4 is 16.8 Å². The molecule has 0 radical (unpaired) electrons. The Hall–Kier alpha value is -2.04. The molecular weight excluding hydrogens is 250 g/mol. The van der Waals surface area contributed by atoms with E-state index in [2.05, 4.69) is 16.9 Å². The van der Waals surface area contributed by atoms with Crippen LogP contribution in [0.1, 0.15) is 49.3 Å². The molecule has 0 aromatic carbocycles. The quantitative estimate of drug-likeness (QED) is 0.580. The first-order chi connectivity index (χ1) is 9.61. The minimum absolute atomic E-state index is 0.350. The molecule has 0 aliphatic heterocycles. The fourth-order valence-corrected chi connectivity index (χ4v) is 2.67. The summed E-state index contributed by atoms with van der Waals surface area (Å²) in [7, 11) is 1.66. The van der Waals surface area contributed by atoms with Gasteiger partial charge in [-0.05, 0) is 25.0 Å². The van der Waals surface area contributed by atoms with Crippen molar-refractivity contribution in [3.63, 3.8) is 0 Å². The highest BCUT2D eigenvalue weighted by Crippen LogP contribution is 2.32. The number of anilines is 1. The third-order valence-electron chi connectivity index (χ3n) is 3.74. The van der Waals surface area contributed by atoms with Crippen molar-refractivity contribution in [1.82, 2.24) is 4.98 Å². The van der Waals surface area contributed by atoms with Crippen LogP contribution in [0, 0.1) is 0 Å². The van der Waals surface area contributed by atoms with Gasteiger partial charge in [-0.2, -0.15) is 0 Å². The molecule has 0 saturated heterocycles. The van der Waals surface area contributed by atoms with Gasteiger partial charge in [0, 0.05) is 18.7 Å². The number of pyridine rings is 1. The zero-order chi connectivity index (χ0) is 14.5. The standard InChI is InChI=1S/C15H23N5/c1-10(16)19-15-12(14(17)18-2)8-9-13(20-15)11-6-4-3-5-7-11/h8-9,11H,1,3-7,16H2,2H3,(H2,17,18)(H,19,20). The van der Waals surface area contributed by atoms with E-state index in [4.69, 9.17) is 16.5 Å². The fourth-order valence-electron chi connectivity index (χ4n) is 2.67. The zero-order valence-corrected chi connectivity index (χ0v) is 12.0. The van der Waals surface area contributed by atoms with E-state index in [0.29, 0.717) is 23.4 Å². The Balaban J connectivity index is 2.34. The largest absolute Gasteiger partial charge is 0.386 e. The maximum atomic E-state index is 5.90. The van der Waals surface area contributed by atoms with Gasteiger partial charge in [0.15, 0.2) is 0 Å². The van der Waals surface area contributed by atoms with Crippen LogP contribution in [0.5, 0.6) is 0 Å². The highest BCUT2D eigenvalue weighted by atomic mass is 15.1. The Bertz CT molecular complexity index is 515. The number of nitrogens with zero attached hydrogens (tertiary/aromatic N) is 2. The third-order valence-corrected chi connectivity index (χ3v) is 3.74. The molecule has 0 amide bonds. The van der Waals surface area contributed by atoms with E-state index in [1.165, 1.54) is 32.1 Å². The number of nitrogens with one attached hydrogen (secondary N) is 1. The first-order valence-corrected chi connectivity index (χ1v) is 7.06. The molecule has 1 fully saturated rings. The number of rotatable bonds is 4. The lowest BCUT2D eigenvalue weighted by Crippen LogP contribution is -2.19. The molecule has 0 atom stereocenters. The van der Waals surface area contributed by atoms with Crippen molar-refractivity contribution < 1.29 is 0 Å². The van der Waals surface area contributed by atoms with Gasteiger partial charge in [-0.3, -0.25) is 4.99 Å². The second-order valence-electron chi connectivity index (χ2n) is 5.23. The molecule has 20 heavy (non-hydrogen) atoms. The SMILES string of the molecule is C=C(N)Nc1nc(C2CCCCC2)ccc1C(N)=NC. The van der Waals surface area contributed by atoms with Gasteiger partial charge >= 0.3 is 0 Å². The summed E-state index contributed by atoms with van der Waals surface area (Å²) >= 11 is 0. The van der Waals surface area contributed by atoms with Crippen LogP contribution in [0.3, 0.4) is 0 Å². The smallest absolute Gasteiger partial charge is 0.142 e. The predicted molar refractivity (Wildman–Crippen MR) is 83.7 cm³/mol. The number of amidine groups is 1. The molecule has 5 heteroatoms. The molecule has 1 aromatic rings. The Morgan fingerprint density at radius 1 is 1.30 bits per heavy atom. The summed E-state index contributed by atoms with van der Waals surface area (Å²) in [5, 5.41) is 2.98. The maximum Gasteiger partial charge on any atom is 0.142 e. The molecule has 108 valence electrons. The van der Waals surface area contributed by atoms with Gasteiger partial charge in [0.05, 0.1) is 11.4 Å². The highest BCUT2D eigenvalue weighted by molar-refractivity contribution is 6.01. The van der Waals surface area contributed by atoms with Gasteiger partial charge in [-0.25, -0.2) is 4.98 Å². The first kappa shape index (κ1) is 14.4. The normalized spacial score (nSPS) is 16.9. The lowest BCUT2D eigenvalue weighted by molar-refractivity contribution is 0.437. The van der Waals surface area contributed by atoms with E-state index in [1.807, 2.05) is 12.1 Å². The second kappa shape index (κ2) is 6.41. The summed E-state index contributed by atoms with van der Waals surface area (Å²) in [6.45, 7) is 3.66. The van der Waals surface area contributed by atoms with E-state index in [-0.39, 0.29) is 0 Å². The number of nitrogens with two attached hydrogens (primary N) is 2. The third kappa shape index (κ3) is 3.29. The summed E-state index contributed by atoms with van der Waals surface area (Å²) < 4.78 is 0. The average molecular weight is 273 g/mol. The van der Waals surface area contributed by atoms with Crippen LogP contribution in [0.2, 0.25) is 0 Å². The molecule has 1 heterocycles. The summed E-state index contributed by atoms with van der Waals surface area (Å²) in [5.74, 6) is 1.97. The van der Waals surface area contributed by atoms with E-state index < -0.39 is 0 Å². The van der Waals surface area contributed by atoms with Crippen molar-refractivity contribution in [2.45, 2.75) is 38.0 Å². The summed E-state index contributed by atoms with van der Waals surface area (Å²) in [6, 6.07) is 4.01. The maximum absolute atomic E-state index is 5.90. The van der Waals surface area contributed by atoms with Gasteiger partial charge in [0.25, 0.3) is 0 Å². The van der Waals surface area contributed by atoms with Gasteiger partial charge in [-0.15, -0.1) is 0 Å². The molecule has 0 unspecified atom stereocenters. The fraction of sp³-hybridized carbons (Fsp3) is 0.467. The molecule has 2 rings (SSSR count). The van der Waals surface area contributed by atoms with Crippen LogP contribution in [0.25, 0.3) is 0 Å². The molecule has 5 nitrogen and oxygen atoms in total. The van der Waals surface area contributed by atoms with Gasteiger partial charge in [0.1, 0.15) is 11.7 Å². The molecule has 1 aliphatic carbocycles. The number of hydrogen-bond donors (Lipinski definition) is 3. The lowest BCUT2D eigenvalue weighted by atomic mass is 9.86. The molecular formula is C15H23N5. The Morgan fingerprint density at radius 2 is 2.00 bits per heavy atom. The second-order valence-corrected chi connectivity index (χ2v) is 5.23. The van der Waals surface area contributed by atoms with Crippen molar-refractivity contribution in [2.75, 3.05) is 12.4 Å². The molecule has 1 aliphatic rings. The summed E-state index contributed by atoms with van der Waals surface area (Å²) in [6.07, 6.45) is 6.28. The van der Waals surface area contributed by atoms with E-state index in [0.717, 1.165) is 11.3 Å². The Labute approximate surface area is 120 Å². The minimum Gasteiger partial charge on any atom is -0.386 e. The van der Waals surface area contributed by atoms with Crippen LogP contribution >= 0.6 is 0 Å². The van der Waals surface area contributed by atoms with Gasteiger partial charge < -0.3 is 16.8 Å². The first-order valence-electron chi connectivity index (χ1n) is 7.06. The topological polar surface area (TPSA) is 89.3 Å². The van der Waals surface area contributed by atoms with E-state index in [1.54, 1.807) is 7.05 Å². The van der Waals surface area contributed by atoms with Crippen molar-refractivity contribution in [1.29, 1.82) is 0 Å². The monoisotopic (exact) mass is 273 g/mol. The average Bonchev–Trinajstić information content (AvgIpc) is 2.46. The number of aromatic nitrogens is 1. The Kier molecular flexibility index (Phi) is 4.61. The van der Waals surface area contributed by atoms with Crippen LogP contribution in [0.4, 0.5) is 5.82 Å². The number of hydrogen-bond acceptors (Lipinski definition) is 4. The van der Waals surface area contributed by atoms with E-state index >= 15 is 0 Å². The molecule has 1 saturated carbocycles. The predicted octanol–water partition coefficient (Wildman–Crippen LogP) is 2.31. The zero-order valence-electron chi connectivity index (χ0n) is 12.0. The summed E-state index contributed by atoms with van der Waals surface area (Å²) in [5.41, 5.74) is 13.4. The minimum atomic E-state index is 0.350. The van der Waals surface area contributed by atoms with Crippen molar-refractivity contribution >= 4 is 11.7 Å².